The zero-order valence-electron chi connectivity index (χ0n) is 12.9. The number of hydrogen-bond donors (Lipinski definition) is 1. The summed E-state index contributed by atoms with van der Waals surface area (Å²) < 4.78 is 0. The Balaban J connectivity index is 1.75. The summed E-state index contributed by atoms with van der Waals surface area (Å²) in [6, 6.07) is 16.7. The number of benzene rings is 1. The summed E-state index contributed by atoms with van der Waals surface area (Å²) in [4.78, 5) is 8.75. The van der Waals surface area contributed by atoms with Gasteiger partial charge in [0.2, 0.25) is 0 Å². The fourth-order valence-corrected chi connectivity index (χ4v) is 2.74. The van der Waals surface area contributed by atoms with E-state index in [2.05, 4.69) is 45.6 Å². The number of pyridine rings is 2. The number of hydrogen-bond acceptors (Lipinski definition) is 3. The minimum Gasteiger partial charge on any atom is -0.370 e. The van der Waals surface area contributed by atoms with Crippen LogP contribution >= 0.6 is 0 Å². The smallest absolute Gasteiger partial charge is 0.126 e. The van der Waals surface area contributed by atoms with Crippen LogP contribution in [0.3, 0.4) is 0 Å². The number of nitrogens with one attached hydrogen (secondary N) is 1. The predicted octanol–water partition coefficient (Wildman–Crippen LogP) is 4.63. The highest BCUT2D eigenvalue weighted by molar-refractivity contribution is 5.84. The Kier molecular flexibility index (Phi) is 3.76. The highest BCUT2D eigenvalue weighted by Crippen LogP contribution is 2.33. The van der Waals surface area contributed by atoms with Crippen LogP contribution in [0.1, 0.15) is 12.8 Å². The van der Waals surface area contributed by atoms with E-state index in [0.29, 0.717) is 0 Å². The van der Waals surface area contributed by atoms with Gasteiger partial charge in [-0.15, -0.1) is 0 Å². The molecule has 1 saturated carbocycles. The molecule has 0 aliphatic heterocycles. The lowest BCUT2D eigenvalue weighted by Crippen LogP contribution is -2.05. The van der Waals surface area contributed by atoms with Crippen LogP contribution in [-0.2, 0) is 0 Å². The maximum atomic E-state index is 4.61. The Morgan fingerprint density at radius 3 is 2.39 bits per heavy atom. The lowest BCUT2D eigenvalue weighted by atomic mass is 9.97. The van der Waals surface area contributed by atoms with Gasteiger partial charge in [-0.25, -0.2) is 4.98 Å². The van der Waals surface area contributed by atoms with Crippen molar-refractivity contribution in [3.63, 3.8) is 0 Å². The van der Waals surface area contributed by atoms with Crippen LogP contribution in [0.2, 0.25) is 0 Å². The number of nitrogens with zero attached hydrogens (tertiary/aromatic N) is 2. The Bertz CT molecular complexity index is 780. The van der Waals surface area contributed by atoms with E-state index in [1.54, 1.807) is 0 Å². The molecule has 4 rings (SSSR count). The third-order valence-electron chi connectivity index (χ3n) is 4.25. The summed E-state index contributed by atoms with van der Waals surface area (Å²) >= 11 is 0. The molecule has 0 unspecified atom stereocenters. The Labute approximate surface area is 136 Å². The van der Waals surface area contributed by atoms with E-state index in [4.69, 9.17) is 0 Å². The van der Waals surface area contributed by atoms with Crippen molar-refractivity contribution in [3.05, 3.63) is 67.1 Å². The van der Waals surface area contributed by atoms with Gasteiger partial charge in [-0.3, -0.25) is 4.98 Å². The second-order valence-corrected chi connectivity index (χ2v) is 6.04. The number of rotatable bonds is 5. The Hall–Kier alpha value is -2.68. The van der Waals surface area contributed by atoms with Crippen molar-refractivity contribution in [2.24, 2.45) is 5.92 Å². The van der Waals surface area contributed by atoms with Crippen molar-refractivity contribution in [3.8, 4) is 22.3 Å². The van der Waals surface area contributed by atoms with Crippen LogP contribution in [0, 0.1) is 5.92 Å². The SMILES string of the molecule is c1ccc(-c2cnc(NCC3CC3)cc2-c2ccncc2)cc1. The highest BCUT2D eigenvalue weighted by Gasteiger charge is 2.21. The molecule has 0 saturated heterocycles. The quantitative estimate of drug-likeness (QED) is 0.746. The van der Waals surface area contributed by atoms with Crippen LogP contribution in [0.25, 0.3) is 22.3 Å². The molecule has 1 aromatic carbocycles. The zero-order chi connectivity index (χ0) is 15.5. The molecule has 0 bridgehead atoms. The summed E-state index contributed by atoms with van der Waals surface area (Å²) in [6.07, 6.45) is 8.32. The molecule has 0 radical (unpaired) electrons. The average molecular weight is 301 g/mol. The van der Waals surface area contributed by atoms with Gasteiger partial charge in [0.25, 0.3) is 0 Å². The molecule has 1 fully saturated rings. The van der Waals surface area contributed by atoms with Gasteiger partial charge < -0.3 is 5.32 Å². The molecule has 114 valence electrons. The summed E-state index contributed by atoms with van der Waals surface area (Å²) in [5, 5.41) is 3.47. The van der Waals surface area contributed by atoms with Gasteiger partial charge in [0.05, 0.1) is 0 Å². The molecular formula is C20H19N3. The first kappa shape index (κ1) is 13.9. The predicted molar refractivity (Wildman–Crippen MR) is 94.1 cm³/mol. The standard InChI is InChI=1S/C20H19N3/c1-2-4-16(5-3-1)19-14-23-20(22-13-15-6-7-15)12-18(19)17-8-10-21-11-9-17/h1-5,8-12,14-15H,6-7,13H2,(H,22,23). The van der Waals surface area contributed by atoms with Gasteiger partial charge in [-0.1, -0.05) is 30.3 Å². The molecule has 0 atom stereocenters. The Morgan fingerprint density at radius 2 is 1.65 bits per heavy atom. The molecule has 3 nitrogen and oxygen atoms in total. The molecule has 2 aromatic heterocycles. The van der Waals surface area contributed by atoms with E-state index in [1.807, 2.05) is 36.8 Å². The van der Waals surface area contributed by atoms with E-state index in [9.17, 15) is 0 Å². The molecule has 1 N–H and O–H groups in total. The van der Waals surface area contributed by atoms with Crippen molar-refractivity contribution in [2.75, 3.05) is 11.9 Å². The van der Waals surface area contributed by atoms with Gasteiger partial charge in [0.15, 0.2) is 0 Å². The lowest BCUT2D eigenvalue weighted by Gasteiger charge is -2.13. The molecule has 0 spiro atoms. The largest absolute Gasteiger partial charge is 0.370 e. The fraction of sp³-hybridized carbons (Fsp3) is 0.200. The first-order chi connectivity index (χ1) is 11.4. The first-order valence-corrected chi connectivity index (χ1v) is 8.10. The summed E-state index contributed by atoms with van der Waals surface area (Å²) in [5.41, 5.74) is 4.68. The van der Waals surface area contributed by atoms with E-state index >= 15 is 0 Å². The van der Waals surface area contributed by atoms with Crippen molar-refractivity contribution < 1.29 is 0 Å². The van der Waals surface area contributed by atoms with E-state index < -0.39 is 0 Å². The maximum Gasteiger partial charge on any atom is 0.126 e. The number of anilines is 1. The second-order valence-electron chi connectivity index (χ2n) is 6.04. The third kappa shape index (κ3) is 3.24. The minimum absolute atomic E-state index is 0.829. The van der Waals surface area contributed by atoms with Gasteiger partial charge in [-0.2, -0.15) is 0 Å². The van der Waals surface area contributed by atoms with Crippen LogP contribution in [0.5, 0.6) is 0 Å². The van der Waals surface area contributed by atoms with Gasteiger partial charge in [0.1, 0.15) is 5.82 Å². The maximum absolute atomic E-state index is 4.61. The van der Waals surface area contributed by atoms with Crippen LogP contribution in [0.4, 0.5) is 5.82 Å². The molecule has 23 heavy (non-hydrogen) atoms. The highest BCUT2D eigenvalue weighted by atomic mass is 15.0. The van der Waals surface area contributed by atoms with Crippen molar-refractivity contribution in [1.29, 1.82) is 0 Å². The fourth-order valence-electron chi connectivity index (χ4n) is 2.74. The van der Waals surface area contributed by atoms with E-state index in [1.165, 1.54) is 24.0 Å². The van der Waals surface area contributed by atoms with Gasteiger partial charge in [-0.05, 0) is 53.6 Å². The van der Waals surface area contributed by atoms with Crippen LogP contribution in [-0.4, -0.2) is 16.5 Å². The molecule has 0 amide bonds. The average Bonchev–Trinajstić information content (AvgIpc) is 3.46. The molecule has 1 aliphatic rings. The monoisotopic (exact) mass is 301 g/mol. The molecule has 3 heteroatoms. The number of aromatic nitrogens is 2. The molecule has 2 heterocycles. The second kappa shape index (κ2) is 6.21. The van der Waals surface area contributed by atoms with Crippen molar-refractivity contribution in [2.45, 2.75) is 12.8 Å². The van der Waals surface area contributed by atoms with E-state index in [-0.39, 0.29) is 0 Å². The van der Waals surface area contributed by atoms with Crippen LogP contribution < -0.4 is 5.32 Å². The minimum atomic E-state index is 0.829. The molecule has 3 aromatic rings. The van der Waals surface area contributed by atoms with Gasteiger partial charge >= 0.3 is 0 Å². The lowest BCUT2D eigenvalue weighted by molar-refractivity contribution is 0.883. The van der Waals surface area contributed by atoms with Crippen molar-refractivity contribution >= 4 is 5.82 Å². The zero-order valence-corrected chi connectivity index (χ0v) is 12.9. The molecular weight excluding hydrogens is 282 g/mol. The summed E-state index contributed by atoms with van der Waals surface area (Å²) in [7, 11) is 0. The van der Waals surface area contributed by atoms with E-state index in [0.717, 1.165) is 29.4 Å². The third-order valence-corrected chi connectivity index (χ3v) is 4.25. The Morgan fingerprint density at radius 1 is 0.913 bits per heavy atom. The summed E-state index contributed by atoms with van der Waals surface area (Å²) in [5.74, 6) is 1.78. The summed E-state index contributed by atoms with van der Waals surface area (Å²) in [6.45, 7) is 1.02. The topological polar surface area (TPSA) is 37.8 Å². The normalized spacial score (nSPS) is 13.7. The van der Waals surface area contributed by atoms with Crippen molar-refractivity contribution in [1.82, 2.24) is 9.97 Å². The molecule has 1 aliphatic carbocycles. The van der Waals surface area contributed by atoms with Gasteiger partial charge in [0, 0.05) is 30.7 Å². The first-order valence-electron chi connectivity index (χ1n) is 8.10. The van der Waals surface area contributed by atoms with Crippen LogP contribution in [0.15, 0.2) is 67.1 Å².